The third kappa shape index (κ3) is 6.07. The molecule has 6 nitrogen and oxygen atoms in total. The summed E-state index contributed by atoms with van der Waals surface area (Å²) in [5.74, 6) is -1.61. The Morgan fingerprint density at radius 3 is 2.23 bits per heavy atom. The zero-order valence-electron chi connectivity index (χ0n) is 16.8. The van der Waals surface area contributed by atoms with Gasteiger partial charge in [-0.05, 0) is 55.3 Å². The molecule has 0 saturated heterocycles. The zero-order chi connectivity index (χ0) is 22.5. The second kappa shape index (κ2) is 9.43. The van der Waals surface area contributed by atoms with Gasteiger partial charge in [0.25, 0.3) is 5.91 Å². The van der Waals surface area contributed by atoms with E-state index in [4.69, 9.17) is 0 Å². The summed E-state index contributed by atoms with van der Waals surface area (Å²) in [5, 5.41) is 5.07. The number of aryl methyl sites for hydroxylation is 1. The van der Waals surface area contributed by atoms with E-state index in [1.165, 1.54) is 7.05 Å². The van der Waals surface area contributed by atoms with Gasteiger partial charge in [-0.25, -0.2) is 0 Å². The number of rotatable bonds is 6. The Morgan fingerprint density at radius 1 is 1.00 bits per heavy atom. The van der Waals surface area contributed by atoms with Crippen molar-refractivity contribution in [2.24, 2.45) is 0 Å². The number of carbonyl (C=O) groups excluding carboxylic acids is 3. The van der Waals surface area contributed by atoms with Crippen LogP contribution in [0.5, 0.6) is 0 Å². The molecule has 2 aromatic rings. The van der Waals surface area contributed by atoms with Crippen molar-refractivity contribution in [3.05, 3.63) is 64.7 Å². The maximum atomic E-state index is 12.6. The van der Waals surface area contributed by atoms with Crippen LogP contribution in [-0.2, 0) is 15.8 Å². The average Bonchev–Trinajstić information content (AvgIpc) is 2.68. The molecule has 9 heteroatoms. The lowest BCUT2D eigenvalue weighted by Gasteiger charge is -2.18. The largest absolute Gasteiger partial charge is 0.416 e. The minimum absolute atomic E-state index is 0.00822. The van der Waals surface area contributed by atoms with Crippen LogP contribution in [0.25, 0.3) is 0 Å². The van der Waals surface area contributed by atoms with Gasteiger partial charge >= 0.3 is 6.18 Å². The van der Waals surface area contributed by atoms with E-state index < -0.39 is 36.0 Å². The summed E-state index contributed by atoms with van der Waals surface area (Å²) in [4.78, 5) is 37.5. The number of anilines is 1. The molecule has 160 valence electrons. The van der Waals surface area contributed by atoms with Crippen molar-refractivity contribution < 1.29 is 27.6 Å². The van der Waals surface area contributed by atoms with E-state index in [-0.39, 0.29) is 12.1 Å². The summed E-state index contributed by atoms with van der Waals surface area (Å²) < 4.78 is 37.7. The smallest absolute Gasteiger partial charge is 0.343 e. The predicted molar refractivity (Wildman–Crippen MR) is 106 cm³/mol. The van der Waals surface area contributed by atoms with Crippen LogP contribution in [0.2, 0.25) is 0 Å². The Morgan fingerprint density at radius 2 is 1.63 bits per heavy atom. The fraction of sp³-hybridized carbons (Fsp3) is 0.286. The molecule has 0 saturated carbocycles. The molecular weight excluding hydrogens is 399 g/mol. The number of carbonyl (C=O) groups is 3. The Hall–Kier alpha value is -3.36. The van der Waals surface area contributed by atoms with Crippen molar-refractivity contribution in [2.75, 3.05) is 25.5 Å². The van der Waals surface area contributed by atoms with Crippen molar-refractivity contribution in [1.82, 2.24) is 10.2 Å². The fourth-order valence-electron chi connectivity index (χ4n) is 2.58. The van der Waals surface area contributed by atoms with Crippen LogP contribution in [0.1, 0.15) is 27.0 Å². The highest BCUT2D eigenvalue weighted by atomic mass is 19.4. The Balaban J connectivity index is 1.85. The van der Waals surface area contributed by atoms with Gasteiger partial charge in [0.2, 0.25) is 11.8 Å². The molecule has 2 N–H and O–H groups in total. The van der Waals surface area contributed by atoms with Gasteiger partial charge in [0.1, 0.15) is 0 Å². The normalized spacial score (nSPS) is 11.0. The maximum Gasteiger partial charge on any atom is 0.416 e. The van der Waals surface area contributed by atoms with Crippen molar-refractivity contribution in [3.63, 3.8) is 0 Å². The van der Waals surface area contributed by atoms with Gasteiger partial charge in [-0.1, -0.05) is 12.1 Å². The van der Waals surface area contributed by atoms with Crippen LogP contribution in [0.4, 0.5) is 18.9 Å². The van der Waals surface area contributed by atoms with Gasteiger partial charge in [-0.3, -0.25) is 14.4 Å². The first-order valence-electron chi connectivity index (χ1n) is 9.04. The molecule has 0 bridgehead atoms. The highest BCUT2D eigenvalue weighted by molar-refractivity contribution is 5.98. The van der Waals surface area contributed by atoms with Gasteiger partial charge in [0, 0.05) is 18.3 Å². The van der Waals surface area contributed by atoms with Crippen molar-refractivity contribution in [2.45, 2.75) is 20.0 Å². The summed E-state index contributed by atoms with van der Waals surface area (Å²) in [6.07, 6.45) is -4.49. The molecule has 0 spiro atoms. The van der Waals surface area contributed by atoms with Crippen LogP contribution < -0.4 is 10.6 Å². The SMILES string of the molecule is Cc1cccc(NC(=O)CN(C)C(=O)CNC(=O)c2ccc(C(F)(F)F)cc2)c1C. The summed E-state index contributed by atoms with van der Waals surface area (Å²) in [7, 11) is 1.41. The quantitative estimate of drug-likeness (QED) is 0.752. The third-order valence-electron chi connectivity index (χ3n) is 4.56. The fourth-order valence-corrected chi connectivity index (χ4v) is 2.58. The maximum absolute atomic E-state index is 12.6. The standard InChI is InChI=1S/C21H22F3N3O3/c1-13-5-4-6-17(14(13)2)26-18(28)12-27(3)19(29)11-25-20(30)15-7-9-16(10-8-15)21(22,23)24/h4-10H,11-12H2,1-3H3,(H,25,30)(H,26,28). The van der Waals surface area contributed by atoms with E-state index in [9.17, 15) is 27.6 Å². The number of hydrogen-bond acceptors (Lipinski definition) is 3. The topological polar surface area (TPSA) is 78.5 Å². The third-order valence-corrected chi connectivity index (χ3v) is 4.56. The van der Waals surface area contributed by atoms with Crippen molar-refractivity contribution in [1.29, 1.82) is 0 Å². The Bertz CT molecular complexity index is 941. The van der Waals surface area contributed by atoms with Gasteiger partial charge in [0.15, 0.2) is 0 Å². The molecule has 2 rings (SSSR count). The Kier molecular flexibility index (Phi) is 7.20. The lowest BCUT2D eigenvalue weighted by molar-refractivity contribution is -0.137. The number of amides is 3. The summed E-state index contributed by atoms with van der Waals surface area (Å²) in [6.45, 7) is 3.17. The number of likely N-dealkylation sites (N-methyl/N-ethyl adjacent to an activating group) is 1. The van der Waals surface area contributed by atoms with E-state index in [1.54, 1.807) is 6.07 Å². The highest BCUT2D eigenvalue weighted by Gasteiger charge is 2.30. The number of alkyl halides is 3. The number of halogens is 3. The summed E-state index contributed by atoms with van der Waals surface area (Å²) >= 11 is 0. The van der Waals surface area contributed by atoms with Crippen molar-refractivity contribution >= 4 is 23.4 Å². The van der Waals surface area contributed by atoms with Gasteiger partial charge < -0.3 is 15.5 Å². The molecule has 0 unspecified atom stereocenters. The summed E-state index contributed by atoms with van der Waals surface area (Å²) in [6, 6.07) is 9.13. The second-order valence-electron chi connectivity index (χ2n) is 6.80. The van der Waals surface area contributed by atoms with E-state index in [2.05, 4.69) is 10.6 Å². The number of nitrogens with zero attached hydrogens (tertiary/aromatic N) is 1. The first-order chi connectivity index (χ1) is 14.0. The Labute approximate surface area is 172 Å². The van der Waals surface area contributed by atoms with Crippen LogP contribution in [0.3, 0.4) is 0 Å². The number of nitrogens with one attached hydrogen (secondary N) is 2. The molecule has 3 amide bonds. The van der Waals surface area contributed by atoms with Crippen LogP contribution in [-0.4, -0.2) is 42.8 Å². The monoisotopic (exact) mass is 421 g/mol. The minimum Gasteiger partial charge on any atom is -0.343 e. The van der Waals surface area contributed by atoms with Gasteiger partial charge in [-0.2, -0.15) is 13.2 Å². The molecular formula is C21H22F3N3O3. The second-order valence-corrected chi connectivity index (χ2v) is 6.80. The first-order valence-corrected chi connectivity index (χ1v) is 9.04. The molecule has 0 aliphatic carbocycles. The molecule has 0 radical (unpaired) electrons. The van der Waals surface area contributed by atoms with Crippen LogP contribution in [0, 0.1) is 13.8 Å². The number of benzene rings is 2. The van der Waals surface area contributed by atoms with Crippen LogP contribution >= 0.6 is 0 Å². The average molecular weight is 421 g/mol. The zero-order valence-corrected chi connectivity index (χ0v) is 16.8. The molecule has 0 aliphatic heterocycles. The van der Waals surface area contributed by atoms with Crippen LogP contribution in [0.15, 0.2) is 42.5 Å². The predicted octanol–water partition coefficient (Wildman–Crippen LogP) is 3.15. The van der Waals surface area contributed by atoms with E-state index >= 15 is 0 Å². The van der Waals surface area contributed by atoms with Gasteiger partial charge in [-0.15, -0.1) is 0 Å². The number of hydrogen-bond donors (Lipinski definition) is 2. The minimum atomic E-state index is -4.49. The first kappa shape index (κ1) is 22.9. The molecule has 2 aromatic carbocycles. The molecule has 0 heterocycles. The molecule has 0 aromatic heterocycles. The van der Waals surface area contributed by atoms with E-state index in [0.717, 1.165) is 40.3 Å². The summed E-state index contributed by atoms with van der Waals surface area (Å²) in [5.41, 5.74) is 1.71. The molecule has 0 atom stereocenters. The molecule has 0 fully saturated rings. The molecule has 30 heavy (non-hydrogen) atoms. The van der Waals surface area contributed by atoms with Gasteiger partial charge in [0.05, 0.1) is 18.7 Å². The van der Waals surface area contributed by atoms with E-state index in [0.29, 0.717) is 5.69 Å². The lowest BCUT2D eigenvalue weighted by Crippen LogP contribution is -2.41. The molecule has 0 aliphatic rings. The van der Waals surface area contributed by atoms with Crippen molar-refractivity contribution in [3.8, 4) is 0 Å². The van der Waals surface area contributed by atoms with E-state index in [1.807, 2.05) is 26.0 Å². The lowest BCUT2D eigenvalue weighted by atomic mass is 10.1. The highest BCUT2D eigenvalue weighted by Crippen LogP contribution is 2.29.